The number of amides is 2. The third-order valence-electron chi connectivity index (χ3n) is 2.82. The van der Waals surface area contributed by atoms with Crippen LogP contribution in [0, 0.1) is 12.8 Å². The summed E-state index contributed by atoms with van der Waals surface area (Å²) in [6.45, 7) is 5.73. The van der Waals surface area contributed by atoms with Gasteiger partial charge in [-0.3, -0.25) is 9.59 Å². The van der Waals surface area contributed by atoms with Crippen LogP contribution in [0.15, 0.2) is 23.2 Å². The van der Waals surface area contributed by atoms with Crippen LogP contribution in [0.4, 0.5) is 5.82 Å². The van der Waals surface area contributed by atoms with Crippen molar-refractivity contribution in [2.24, 2.45) is 5.92 Å². The Kier molecular flexibility index (Phi) is 3.99. The molecule has 1 aromatic heterocycles. The zero-order valence-electron chi connectivity index (χ0n) is 10.9. The molecule has 2 rings (SSSR count). The summed E-state index contributed by atoms with van der Waals surface area (Å²) in [7, 11) is 0. The smallest absolute Gasteiger partial charge is 0.245 e. The second-order valence-electron chi connectivity index (χ2n) is 4.65. The highest BCUT2D eigenvalue weighted by Gasteiger charge is 2.33. The van der Waals surface area contributed by atoms with Crippen molar-refractivity contribution in [3.8, 4) is 0 Å². The van der Waals surface area contributed by atoms with Gasteiger partial charge < -0.3 is 14.7 Å². The molecule has 0 radical (unpaired) electrons. The van der Waals surface area contributed by atoms with E-state index < -0.39 is 0 Å². The molecule has 0 spiro atoms. The second kappa shape index (κ2) is 5.69. The summed E-state index contributed by atoms with van der Waals surface area (Å²) in [6.07, 6.45) is 3.45. The molecule has 19 heavy (non-hydrogen) atoms. The Bertz CT molecular complexity index is 491. The van der Waals surface area contributed by atoms with Crippen molar-refractivity contribution < 1.29 is 14.1 Å². The Morgan fingerprint density at radius 3 is 2.89 bits per heavy atom. The number of aromatic nitrogens is 1. The topological polar surface area (TPSA) is 75.4 Å². The van der Waals surface area contributed by atoms with Gasteiger partial charge in [-0.1, -0.05) is 11.2 Å². The number of carbonyl (C=O) groups excluding carboxylic acids is 2. The molecule has 1 N–H and O–H groups in total. The molecule has 1 saturated carbocycles. The number of nitrogens with zero attached hydrogens (tertiary/aromatic N) is 2. The van der Waals surface area contributed by atoms with E-state index in [1.807, 2.05) is 0 Å². The largest absolute Gasteiger partial charge is 0.360 e. The summed E-state index contributed by atoms with van der Waals surface area (Å²) < 4.78 is 4.85. The van der Waals surface area contributed by atoms with Gasteiger partial charge >= 0.3 is 0 Å². The third-order valence-corrected chi connectivity index (χ3v) is 2.82. The predicted molar refractivity (Wildman–Crippen MR) is 69.4 cm³/mol. The van der Waals surface area contributed by atoms with Crippen LogP contribution < -0.4 is 5.32 Å². The highest BCUT2D eigenvalue weighted by molar-refractivity contribution is 5.94. The summed E-state index contributed by atoms with van der Waals surface area (Å²) in [6, 6.07) is 1.62. The summed E-state index contributed by atoms with van der Waals surface area (Å²) in [4.78, 5) is 25.3. The van der Waals surface area contributed by atoms with Crippen molar-refractivity contribution in [1.29, 1.82) is 0 Å². The lowest BCUT2D eigenvalue weighted by atomic mass is 10.3. The van der Waals surface area contributed by atoms with E-state index in [1.54, 1.807) is 19.1 Å². The Hall–Kier alpha value is -2.11. The summed E-state index contributed by atoms with van der Waals surface area (Å²) in [5, 5.41) is 6.26. The maximum atomic E-state index is 12.0. The van der Waals surface area contributed by atoms with Gasteiger partial charge in [0.1, 0.15) is 12.3 Å². The summed E-state index contributed by atoms with van der Waals surface area (Å²) in [5.41, 5.74) is 0. The van der Waals surface area contributed by atoms with E-state index in [1.165, 1.54) is 4.90 Å². The van der Waals surface area contributed by atoms with Gasteiger partial charge in [0, 0.05) is 18.5 Å². The summed E-state index contributed by atoms with van der Waals surface area (Å²) in [5.74, 6) is 0.796. The van der Waals surface area contributed by atoms with E-state index in [0.717, 1.165) is 12.8 Å². The second-order valence-corrected chi connectivity index (χ2v) is 4.65. The van der Waals surface area contributed by atoms with Crippen LogP contribution in [0.3, 0.4) is 0 Å². The first-order valence-corrected chi connectivity index (χ1v) is 6.23. The van der Waals surface area contributed by atoms with Crippen molar-refractivity contribution >= 4 is 17.6 Å². The third kappa shape index (κ3) is 3.67. The van der Waals surface area contributed by atoms with Gasteiger partial charge in [-0.05, 0) is 19.8 Å². The van der Waals surface area contributed by atoms with Crippen LogP contribution in [0.5, 0.6) is 0 Å². The van der Waals surface area contributed by atoms with E-state index >= 15 is 0 Å². The van der Waals surface area contributed by atoms with Crippen molar-refractivity contribution in [1.82, 2.24) is 10.1 Å². The van der Waals surface area contributed by atoms with Crippen LogP contribution in [0.25, 0.3) is 0 Å². The molecule has 1 aliphatic rings. The van der Waals surface area contributed by atoms with Gasteiger partial charge in [-0.25, -0.2) is 0 Å². The quantitative estimate of drug-likeness (QED) is 0.786. The molecular weight excluding hydrogens is 246 g/mol. The SMILES string of the molecule is C=CCN(CC(=O)Nc1cc(C)on1)C(=O)C1CC1. The lowest BCUT2D eigenvalue weighted by molar-refractivity contribution is -0.135. The van der Waals surface area contributed by atoms with E-state index in [9.17, 15) is 9.59 Å². The van der Waals surface area contributed by atoms with Crippen LogP contribution in [-0.4, -0.2) is 35.0 Å². The highest BCUT2D eigenvalue weighted by Crippen LogP contribution is 2.30. The molecule has 6 heteroatoms. The minimum atomic E-state index is -0.288. The van der Waals surface area contributed by atoms with E-state index in [-0.39, 0.29) is 24.3 Å². The van der Waals surface area contributed by atoms with Gasteiger partial charge in [-0.15, -0.1) is 6.58 Å². The average molecular weight is 263 g/mol. The zero-order valence-corrected chi connectivity index (χ0v) is 10.9. The standard InChI is InChI=1S/C13H17N3O3/c1-3-6-16(13(18)10-4-5-10)8-12(17)14-11-7-9(2)19-15-11/h3,7,10H,1,4-6,8H2,2H3,(H,14,15,17). The minimum Gasteiger partial charge on any atom is -0.360 e. The maximum Gasteiger partial charge on any atom is 0.245 e. The first-order chi connectivity index (χ1) is 9.10. The number of rotatable bonds is 6. The fraction of sp³-hybridized carbons (Fsp3) is 0.462. The Balaban J connectivity index is 1.90. The lowest BCUT2D eigenvalue weighted by Gasteiger charge is -2.20. The molecule has 0 unspecified atom stereocenters. The van der Waals surface area contributed by atoms with E-state index in [2.05, 4.69) is 17.1 Å². The average Bonchev–Trinajstić information content (AvgIpc) is 3.13. The maximum absolute atomic E-state index is 12.0. The number of aryl methyl sites for hydroxylation is 1. The van der Waals surface area contributed by atoms with Gasteiger partial charge in [0.25, 0.3) is 0 Å². The fourth-order valence-corrected chi connectivity index (χ4v) is 1.76. The molecule has 0 saturated heterocycles. The van der Waals surface area contributed by atoms with E-state index in [0.29, 0.717) is 18.1 Å². The minimum absolute atomic E-state index is 0.00720. The number of hydrogen-bond donors (Lipinski definition) is 1. The Morgan fingerprint density at radius 1 is 1.63 bits per heavy atom. The van der Waals surface area contributed by atoms with E-state index in [4.69, 9.17) is 4.52 Å². The molecule has 1 aromatic rings. The number of hydrogen-bond acceptors (Lipinski definition) is 4. The van der Waals surface area contributed by atoms with Gasteiger partial charge in [0.2, 0.25) is 11.8 Å². The first kappa shape index (κ1) is 13.3. The number of carbonyl (C=O) groups is 2. The summed E-state index contributed by atoms with van der Waals surface area (Å²) >= 11 is 0. The molecular formula is C13H17N3O3. The van der Waals surface area contributed by atoms with Crippen LogP contribution >= 0.6 is 0 Å². The molecule has 0 bridgehead atoms. The van der Waals surface area contributed by atoms with Gasteiger partial charge in [0.05, 0.1) is 0 Å². The molecule has 1 fully saturated rings. The first-order valence-electron chi connectivity index (χ1n) is 6.23. The van der Waals surface area contributed by atoms with Crippen molar-refractivity contribution in [2.75, 3.05) is 18.4 Å². The molecule has 0 atom stereocenters. The number of nitrogens with one attached hydrogen (secondary N) is 1. The molecule has 0 aliphatic heterocycles. The van der Waals surface area contributed by atoms with Gasteiger partial charge in [0.15, 0.2) is 5.82 Å². The molecule has 102 valence electrons. The monoisotopic (exact) mass is 263 g/mol. The zero-order chi connectivity index (χ0) is 13.8. The lowest BCUT2D eigenvalue weighted by Crippen LogP contribution is -2.39. The van der Waals surface area contributed by atoms with Crippen LogP contribution in [0.1, 0.15) is 18.6 Å². The highest BCUT2D eigenvalue weighted by atomic mass is 16.5. The Labute approximate surface area is 111 Å². The molecule has 6 nitrogen and oxygen atoms in total. The Morgan fingerprint density at radius 2 is 2.37 bits per heavy atom. The van der Waals surface area contributed by atoms with Crippen LogP contribution in [0.2, 0.25) is 0 Å². The van der Waals surface area contributed by atoms with Crippen molar-refractivity contribution in [2.45, 2.75) is 19.8 Å². The molecule has 1 aliphatic carbocycles. The normalized spacial score (nSPS) is 13.9. The predicted octanol–water partition coefficient (Wildman–Crippen LogP) is 1.35. The van der Waals surface area contributed by atoms with Gasteiger partial charge in [-0.2, -0.15) is 0 Å². The molecule has 2 amide bonds. The molecule has 1 heterocycles. The number of anilines is 1. The van der Waals surface area contributed by atoms with Crippen LogP contribution in [-0.2, 0) is 9.59 Å². The molecule has 0 aromatic carbocycles. The van der Waals surface area contributed by atoms with Crippen molar-refractivity contribution in [3.05, 3.63) is 24.5 Å². The van der Waals surface area contributed by atoms with Crippen molar-refractivity contribution in [3.63, 3.8) is 0 Å². The fourth-order valence-electron chi connectivity index (χ4n) is 1.76.